The van der Waals surface area contributed by atoms with E-state index in [1.165, 1.54) is 13.8 Å². The topological polar surface area (TPSA) is 121 Å². The fourth-order valence-electron chi connectivity index (χ4n) is 1.71. The van der Waals surface area contributed by atoms with Crippen molar-refractivity contribution < 1.29 is 18.0 Å². The number of rotatable bonds is 3. The summed E-state index contributed by atoms with van der Waals surface area (Å²) in [6, 6.07) is -0.804. The third-order valence-corrected chi connectivity index (χ3v) is 5.82. The number of hydrogen-bond donors (Lipinski definition) is 2. The monoisotopic (exact) mass is 319 g/mol. The minimum atomic E-state index is -3.89. The highest BCUT2D eigenvalue weighted by atomic mass is 32.2. The molecule has 110 valence electrons. The number of nitrogens with one attached hydrogen (secondary N) is 2. The van der Waals surface area contributed by atoms with E-state index in [1.54, 1.807) is 0 Å². The van der Waals surface area contributed by atoms with Gasteiger partial charge in [0, 0.05) is 20.0 Å². The summed E-state index contributed by atoms with van der Waals surface area (Å²) in [7, 11) is -3.89. The number of hydrogen-bond acceptors (Lipinski definition) is 7. The first-order valence-corrected chi connectivity index (χ1v) is 7.98. The van der Waals surface area contributed by atoms with E-state index in [1.807, 2.05) is 0 Å². The number of sulfonamides is 1. The van der Waals surface area contributed by atoms with Crippen molar-refractivity contribution in [2.75, 3.05) is 18.4 Å². The van der Waals surface area contributed by atoms with Crippen LogP contribution in [0.25, 0.3) is 0 Å². The molecule has 0 bridgehead atoms. The Labute approximate surface area is 119 Å². The molecule has 0 spiro atoms. The Balaban J connectivity index is 2.27. The van der Waals surface area contributed by atoms with Crippen molar-refractivity contribution in [3.8, 4) is 0 Å². The quantitative estimate of drug-likeness (QED) is 0.690. The lowest BCUT2D eigenvalue weighted by Crippen LogP contribution is -2.55. The van der Waals surface area contributed by atoms with Crippen LogP contribution in [0.15, 0.2) is 4.34 Å². The highest BCUT2D eigenvalue weighted by Gasteiger charge is 2.37. The molecular weight excluding hydrogens is 306 g/mol. The molecule has 2 N–H and O–H groups in total. The Kier molecular flexibility index (Phi) is 4.01. The van der Waals surface area contributed by atoms with Crippen LogP contribution in [0.5, 0.6) is 0 Å². The molecule has 2 heterocycles. The highest BCUT2D eigenvalue weighted by molar-refractivity contribution is 7.91. The van der Waals surface area contributed by atoms with E-state index < -0.39 is 16.1 Å². The lowest BCUT2D eigenvalue weighted by Gasteiger charge is -2.30. The zero-order chi connectivity index (χ0) is 14.9. The summed E-state index contributed by atoms with van der Waals surface area (Å²) >= 11 is 0.750. The van der Waals surface area contributed by atoms with Crippen LogP contribution in [0.2, 0.25) is 0 Å². The molecule has 2 amide bonds. The van der Waals surface area contributed by atoms with E-state index in [0.717, 1.165) is 15.6 Å². The first-order chi connectivity index (χ1) is 9.32. The van der Waals surface area contributed by atoms with Gasteiger partial charge in [-0.3, -0.25) is 9.59 Å². The Morgan fingerprint density at radius 3 is 2.85 bits per heavy atom. The smallest absolute Gasteiger partial charge is 0.273 e. The van der Waals surface area contributed by atoms with Gasteiger partial charge in [-0.25, -0.2) is 8.42 Å². The van der Waals surface area contributed by atoms with Gasteiger partial charge in [0.05, 0.1) is 0 Å². The van der Waals surface area contributed by atoms with Crippen LogP contribution in [0.1, 0.15) is 13.8 Å². The lowest BCUT2D eigenvalue weighted by molar-refractivity contribution is -0.126. The Morgan fingerprint density at radius 1 is 1.50 bits per heavy atom. The summed E-state index contributed by atoms with van der Waals surface area (Å²) in [5, 5.41) is 12.2. The van der Waals surface area contributed by atoms with Gasteiger partial charge in [-0.1, -0.05) is 11.3 Å². The van der Waals surface area contributed by atoms with Crippen LogP contribution in [0.3, 0.4) is 0 Å². The van der Waals surface area contributed by atoms with Crippen molar-refractivity contribution in [1.29, 1.82) is 0 Å². The number of anilines is 1. The maximum atomic E-state index is 12.4. The van der Waals surface area contributed by atoms with E-state index in [-0.39, 0.29) is 34.4 Å². The van der Waals surface area contributed by atoms with Gasteiger partial charge in [0.2, 0.25) is 21.3 Å². The van der Waals surface area contributed by atoms with E-state index in [0.29, 0.717) is 0 Å². The number of carbonyl (C=O) groups excluding carboxylic acids is 2. The Bertz CT molecular complexity index is 641. The highest BCUT2D eigenvalue weighted by Crippen LogP contribution is 2.25. The summed E-state index contributed by atoms with van der Waals surface area (Å²) in [4.78, 5) is 22.4. The van der Waals surface area contributed by atoms with Gasteiger partial charge in [-0.2, -0.15) is 4.31 Å². The second-order valence-corrected chi connectivity index (χ2v) is 7.18. The van der Waals surface area contributed by atoms with Crippen LogP contribution >= 0.6 is 11.3 Å². The number of amides is 2. The molecule has 9 nitrogen and oxygen atoms in total. The first-order valence-electron chi connectivity index (χ1n) is 5.73. The Hall–Kier alpha value is -1.59. The zero-order valence-electron chi connectivity index (χ0n) is 10.8. The Morgan fingerprint density at radius 2 is 2.20 bits per heavy atom. The summed E-state index contributed by atoms with van der Waals surface area (Å²) in [5.41, 5.74) is 0. The van der Waals surface area contributed by atoms with Gasteiger partial charge in [0.1, 0.15) is 6.04 Å². The van der Waals surface area contributed by atoms with Crippen LogP contribution in [-0.4, -0.2) is 53.9 Å². The van der Waals surface area contributed by atoms with E-state index >= 15 is 0 Å². The normalized spacial score (nSPS) is 20.5. The standard InChI is InChI=1S/C9H13N5O4S2/c1-5-7(16)10-3-4-14(5)20(17,18)9-13-12-8(19-9)11-6(2)15/h5H,3-4H2,1-2H3,(H,10,16)(H,11,12,15). The number of nitrogens with zero attached hydrogens (tertiary/aromatic N) is 3. The van der Waals surface area contributed by atoms with Gasteiger partial charge in [0.15, 0.2) is 0 Å². The molecule has 0 saturated carbocycles. The van der Waals surface area contributed by atoms with E-state index in [2.05, 4.69) is 20.8 Å². The maximum Gasteiger partial charge on any atom is 0.273 e. The van der Waals surface area contributed by atoms with Gasteiger partial charge in [-0.05, 0) is 6.92 Å². The van der Waals surface area contributed by atoms with Gasteiger partial charge in [-0.15, -0.1) is 10.2 Å². The zero-order valence-corrected chi connectivity index (χ0v) is 12.4. The van der Waals surface area contributed by atoms with Crippen LogP contribution in [0, 0.1) is 0 Å². The number of carbonyl (C=O) groups is 2. The first kappa shape index (κ1) is 14.8. The fourth-order valence-corrected chi connectivity index (χ4v) is 4.36. The second kappa shape index (κ2) is 5.42. The van der Waals surface area contributed by atoms with Crippen molar-refractivity contribution in [1.82, 2.24) is 19.8 Å². The van der Waals surface area contributed by atoms with Crippen molar-refractivity contribution in [3.63, 3.8) is 0 Å². The van der Waals surface area contributed by atoms with Crippen molar-refractivity contribution in [3.05, 3.63) is 0 Å². The van der Waals surface area contributed by atoms with E-state index in [9.17, 15) is 18.0 Å². The molecule has 0 radical (unpaired) electrons. The van der Waals surface area contributed by atoms with E-state index in [4.69, 9.17) is 0 Å². The summed E-state index contributed by atoms with van der Waals surface area (Å²) in [5.74, 6) is -0.720. The third kappa shape index (κ3) is 2.78. The molecule has 1 atom stereocenters. The van der Waals surface area contributed by atoms with Gasteiger partial charge >= 0.3 is 0 Å². The van der Waals surface area contributed by atoms with Crippen LogP contribution < -0.4 is 10.6 Å². The molecule has 1 fully saturated rings. The molecule has 0 aromatic carbocycles. The average molecular weight is 319 g/mol. The van der Waals surface area contributed by atoms with Crippen molar-refractivity contribution in [2.24, 2.45) is 0 Å². The summed E-state index contributed by atoms with van der Waals surface area (Å²) in [6.45, 7) is 3.21. The summed E-state index contributed by atoms with van der Waals surface area (Å²) in [6.07, 6.45) is 0. The second-order valence-electron chi connectivity index (χ2n) is 4.14. The minimum Gasteiger partial charge on any atom is -0.353 e. The molecule has 0 aliphatic carbocycles. The van der Waals surface area contributed by atoms with Gasteiger partial charge < -0.3 is 10.6 Å². The molecule has 1 unspecified atom stereocenters. The number of piperazine rings is 1. The minimum absolute atomic E-state index is 0.102. The molecule has 1 aromatic rings. The third-order valence-electron chi connectivity index (χ3n) is 2.66. The maximum absolute atomic E-state index is 12.4. The summed E-state index contributed by atoms with van der Waals surface area (Å²) < 4.78 is 25.6. The molecule has 1 aromatic heterocycles. The fraction of sp³-hybridized carbons (Fsp3) is 0.556. The largest absolute Gasteiger partial charge is 0.353 e. The number of aromatic nitrogens is 2. The van der Waals surface area contributed by atoms with Crippen molar-refractivity contribution >= 4 is 38.3 Å². The predicted molar refractivity (Wildman–Crippen MR) is 70.6 cm³/mol. The molecule has 1 aliphatic rings. The molecule has 2 rings (SSSR count). The van der Waals surface area contributed by atoms with Crippen LogP contribution in [-0.2, 0) is 19.6 Å². The lowest BCUT2D eigenvalue weighted by atomic mass is 10.2. The molecule has 1 saturated heterocycles. The van der Waals surface area contributed by atoms with Gasteiger partial charge in [0.25, 0.3) is 10.0 Å². The molecular formula is C9H13N5O4S2. The van der Waals surface area contributed by atoms with Crippen LogP contribution in [0.4, 0.5) is 5.13 Å². The molecule has 1 aliphatic heterocycles. The molecule has 11 heteroatoms. The average Bonchev–Trinajstić information content (AvgIpc) is 2.80. The molecule has 20 heavy (non-hydrogen) atoms. The SMILES string of the molecule is CC(=O)Nc1nnc(S(=O)(=O)N2CCNC(=O)C2C)s1. The predicted octanol–water partition coefficient (Wildman–Crippen LogP) is -0.994. The van der Waals surface area contributed by atoms with Crippen molar-refractivity contribution in [2.45, 2.75) is 24.2 Å².